The molecule has 0 radical (unpaired) electrons. The van der Waals surface area contributed by atoms with Crippen LogP contribution in [0.2, 0.25) is 5.02 Å². The van der Waals surface area contributed by atoms with Gasteiger partial charge in [-0.2, -0.15) is 13.2 Å². The highest BCUT2D eigenvalue weighted by Gasteiger charge is 2.37. The summed E-state index contributed by atoms with van der Waals surface area (Å²) in [4.78, 5) is 20.6. The standard InChI is InChI=1S/C26H24ClF3N6O/c1-15-12-21(26(28,29)30)34-25(32-15)36-7-6-18-19-13-17(27)3-4-20(19)33-23(18)24(36)16-2-5-22(31-14-16)35-8-10-37-11-9-35/h2-5,12-14,24,33H,6-11H2,1H3. The summed E-state index contributed by atoms with van der Waals surface area (Å²) >= 11 is 6.29. The van der Waals surface area contributed by atoms with E-state index < -0.39 is 17.9 Å². The maximum absolute atomic E-state index is 13.6. The van der Waals surface area contributed by atoms with Crippen molar-refractivity contribution in [2.75, 3.05) is 42.6 Å². The molecule has 0 amide bonds. The highest BCUT2D eigenvalue weighted by molar-refractivity contribution is 6.31. The number of benzene rings is 1. The van der Waals surface area contributed by atoms with E-state index in [1.807, 2.05) is 35.2 Å². The van der Waals surface area contributed by atoms with Crippen LogP contribution in [0.3, 0.4) is 0 Å². The number of rotatable bonds is 3. The second-order valence-corrected chi connectivity index (χ2v) is 9.73. The molecule has 3 aromatic heterocycles. The van der Waals surface area contributed by atoms with Crippen LogP contribution in [-0.2, 0) is 17.3 Å². The zero-order valence-corrected chi connectivity index (χ0v) is 20.8. The smallest absolute Gasteiger partial charge is 0.378 e. The Morgan fingerprint density at radius 2 is 1.86 bits per heavy atom. The number of aromatic nitrogens is 4. The molecule has 0 aliphatic carbocycles. The third-order valence-corrected chi connectivity index (χ3v) is 7.14. The molecule has 2 aliphatic rings. The van der Waals surface area contributed by atoms with Crippen molar-refractivity contribution in [2.24, 2.45) is 0 Å². The van der Waals surface area contributed by atoms with Gasteiger partial charge in [0.15, 0.2) is 0 Å². The van der Waals surface area contributed by atoms with Crippen molar-refractivity contribution in [1.82, 2.24) is 19.9 Å². The van der Waals surface area contributed by atoms with Crippen molar-refractivity contribution in [3.05, 3.63) is 75.8 Å². The normalized spacial score (nSPS) is 18.4. The summed E-state index contributed by atoms with van der Waals surface area (Å²) in [6.45, 7) is 4.79. The fourth-order valence-electron chi connectivity index (χ4n) is 5.19. The van der Waals surface area contributed by atoms with Crippen LogP contribution in [0.25, 0.3) is 10.9 Å². The van der Waals surface area contributed by atoms with Crippen LogP contribution < -0.4 is 9.80 Å². The van der Waals surface area contributed by atoms with Gasteiger partial charge in [-0.1, -0.05) is 17.7 Å². The van der Waals surface area contributed by atoms with Gasteiger partial charge >= 0.3 is 6.18 Å². The maximum atomic E-state index is 13.6. The number of pyridine rings is 1. The van der Waals surface area contributed by atoms with Crippen LogP contribution in [-0.4, -0.2) is 52.8 Å². The summed E-state index contributed by atoms with van der Waals surface area (Å²) in [5.41, 5.74) is 3.01. The van der Waals surface area contributed by atoms with E-state index in [1.165, 1.54) is 0 Å². The molecule has 1 aromatic carbocycles. The Bertz CT molecular complexity index is 1450. The molecule has 1 unspecified atom stereocenters. The average molecular weight is 529 g/mol. The van der Waals surface area contributed by atoms with Crippen LogP contribution in [0, 0.1) is 6.92 Å². The number of ether oxygens (including phenoxy) is 1. The highest BCUT2D eigenvalue weighted by atomic mass is 35.5. The molecule has 0 bridgehead atoms. The topological polar surface area (TPSA) is 70.2 Å². The predicted molar refractivity (Wildman–Crippen MR) is 135 cm³/mol. The molecule has 7 nitrogen and oxygen atoms in total. The van der Waals surface area contributed by atoms with Gasteiger partial charge in [-0.15, -0.1) is 0 Å². The van der Waals surface area contributed by atoms with Crippen molar-refractivity contribution in [2.45, 2.75) is 25.6 Å². The Balaban J connectivity index is 1.47. The van der Waals surface area contributed by atoms with Crippen LogP contribution in [0.15, 0.2) is 42.6 Å². The van der Waals surface area contributed by atoms with E-state index in [0.29, 0.717) is 31.2 Å². The quantitative estimate of drug-likeness (QED) is 0.388. The highest BCUT2D eigenvalue weighted by Crippen LogP contribution is 2.41. The van der Waals surface area contributed by atoms with Gasteiger partial charge in [0.2, 0.25) is 5.95 Å². The summed E-state index contributed by atoms with van der Waals surface area (Å²) in [6, 6.07) is 10.1. The molecular formula is C26H24ClF3N6O. The number of hydrogen-bond donors (Lipinski definition) is 1. The summed E-state index contributed by atoms with van der Waals surface area (Å²) in [6.07, 6.45) is -2.18. The Kier molecular flexibility index (Phi) is 5.95. The van der Waals surface area contributed by atoms with E-state index in [9.17, 15) is 13.2 Å². The van der Waals surface area contributed by atoms with Crippen molar-refractivity contribution >= 4 is 34.3 Å². The van der Waals surface area contributed by atoms with Crippen molar-refractivity contribution in [3.8, 4) is 0 Å². The minimum absolute atomic E-state index is 0.0388. The summed E-state index contributed by atoms with van der Waals surface area (Å²) in [7, 11) is 0. The molecule has 4 aromatic rings. The molecule has 5 heterocycles. The van der Waals surface area contributed by atoms with Gasteiger partial charge in [-0.25, -0.2) is 15.0 Å². The molecule has 0 spiro atoms. The first-order valence-corrected chi connectivity index (χ1v) is 12.4. The largest absolute Gasteiger partial charge is 0.433 e. The third kappa shape index (κ3) is 4.48. The summed E-state index contributed by atoms with van der Waals surface area (Å²) in [5.74, 6) is 0.876. The molecule has 1 atom stereocenters. The number of aryl methyl sites for hydroxylation is 1. The number of hydrogen-bond acceptors (Lipinski definition) is 6. The van der Waals surface area contributed by atoms with E-state index in [1.54, 1.807) is 13.1 Å². The number of morpholine rings is 1. The second kappa shape index (κ2) is 9.18. The lowest BCUT2D eigenvalue weighted by atomic mass is 9.93. The van der Waals surface area contributed by atoms with Crippen molar-refractivity contribution < 1.29 is 17.9 Å². The fourth-order valence-corrected chi connectivity index (χ4v) is 5.36. The number of halogens is 4. The molecule has 1 saturated heterocycles. The number of H-pyrrole nitrogens is 1. The van der Waals surface area contributed by atoms with Crippen LogP contribution >= 0.6 is 11.6 Å². The van der Waals surface area contributed by atoms with Crippen LogP contribution in [0.4, 0.5) is 24.9 Å². The first-order valence-electron chi connectivity index (χ1n) is 12.1. The van der Waals surface area contributed by atoms with E-state index >= 15 is 0 Å². The molecule has 192 valence electrons. The number of aromatic amines is 1. The number of anilines is 2. The lowest BCUT2D eigenvalue weighted by Crippen LogP contribution is -2.38. The molecule has 2 aliphatic heterocycles. The molecule has 1 fully saturated rings. The Hall–Kier alpha value is -3.37. The number of nitrogens with one attached hydrogen (secondary N) is 1. The zero-order chi connectivity index (χ0) is 25.7. The van der Waals surface area contributed by atoms with E-state index in [4.69, 9.17) is 21.3 Å². The zero-order valence-electron chi connectivity index (χ0n) is 20.0. The Morgan fingerprint density at radius 3 is 2.59 bits per heavy atom. The minimum atomic E-state index is -4.57. The molecule has 0 saturated carbocycles. The first-order chi connectivity index (χ1) is 17.8. The minimum Gasteiger partial charge on any atom is -0.378 e. The van der Waals surface area contributed by atoms with E-state index in [2.05, 4.69) is 19.9 Å². The van der Waals surface area contributed by atoms with Gasteiger partial charge in [0.1, 0.15) is 11.5 Å². The van der Waals surface area contributed by atoms with E-state index in [0.717, 1.165) is 52.7 Å². The number of fused-ring (bicyclic) bond motifs is 3. The predicted octanol–water partition coefficient (Wildman–Crippen LogP) is 5.32. The second-order valence-electron chi connectivity index (χ2n) is 9.29. The Labute approximate surface area is 216 Å². The fraction of sp³-hybridized carbons (Fsp3) is 0.346. The average Bonchev–Trinajstić information content (AvgIpc) is 3.26. The Morgan fingerprint density at radius 1 is 1.05 bits per heavy atom. The van der Waals surface area contributed by atoms with Crippen LogP contribution in [0.5, 0.6) is 0 Å². The van der Waals surface area contributed by atoms with Gasteiger partial charge < -0.3 is 19.5 Å². The van der Waals surface area contributed by atoms with Gasteiger partial charge in [-0.3, -0.25) is 0 Å². The van der Waals surface area contributed by atoms with Crippen LogP contribution in [0.1, 0.15) is 34.3 Å². The van der Waals surface area contributed by atoms with E-state index in [-0.39, 0.29) is 11.6 Å². The molecule has 6 rings (SSSR count). The first kappa shape index (κ1) is 24.0. The van der Waals surface area contributed by atoms with Gasteiger partial charge in [0.25, 0.3) is 0 Å². The maximum Gasteiger partial charge on any atom is 0.433 e. The molecule has 11 heteroatoms. The number of alkyl halides is 3. The van der Waals surface area contributed by atoms with Gasteiger partial charge in [0, 0.05) is 53.1 Å². The van der Waals surface area contributed by atoms with Gasteiger partial charge in [0.05, 0.1) is 19.3 Å². The molecule has 37 heavy (non-hydrogen) atoms. The molecule has 1 N–H and O–H groups in total. The summed E-state index contributed by atoms with van der Waals surface area (Å²) < 4.78 is 46.3. The van der Waals surface area contributed by atoms with Gasteiger partial charge in [-0.05, 0) is 54.8 Å². The van der Waals surface area contributed by atoms with Crippen molar-refractivity contribution in [3.63, 3.8) is 0 Å². The lowest BCUT2D eigenvalue weighted by Gasteiger charge is -2.36. The molecular weight excluding hydrogens is 505 g/mol. The SMILES string of the molecule is Cc1cc(C(F)(F)F)nc(N2CCc3c([nH]c4ccc(Cl)cc34)C2c2ccc(N3CCOCC3)nc2)n1. The number of nitrogens with zero attached hydrogens (tertiary/aromatic N) is 5. The lowest BCUT2D eigenvalue weighted by molar-refractivity contribution is -0.141. The summed E-state index contributed by atoms with van der Waals surface area (Å²) in [5, 5.41) is 1.63. The third-order valence-electron chi connectivity index (χ3n) is 6.90. The van der Waals surface area contributed by atoms with Crippen molar-refractivity contribution in [1.29, 1.82) is 0 Å². The monoisotopic (exact) mass is 528 g/mol.